The maximum absolute atomic E-state index is 13.0. The van der Waals surface area contributed by atoms with E-state index in [9.17, 15) is 4.79 Å². The number of nitrogens with one attached hydrogen (secondary N) is 1. The Hall–Kier alpha value is -2.79. The van der Waals surface area contributed by atoms with Gasteiger partial charge in [-0.3, -0.25) is 9.69 Å². The number of hydrogen-bond donors (Lipinski definition) is 1. The predicted molar refractivity (Wildman–Crippen MR) is 107 cm³/mol. The van der Waals surface area contributed by atoms with Crippen LogP contribution in [0.3, 0.4) is 0 Å². The maximum atomic E-state index is 13.0. The lowest BCUT2D eigenvalue weighted by molar-refractivity contribution is 0.0756. The third-order valence-electron chi connectivity index (χ3n) is 5.18. The number of ether oxygens (including phenoxy) is 1. The van der Waals surface area contributed by atoms with Crippen molar-refractivity contribution in [3.8, 4) is 5.75 Å². The molecule has 0 radical (unpaired) electrons. The third-order valence-corrected chi connectivity index (χ3v) is 5.18. The number of carbonyl (C=O) groups is 1. The average molecular weight is 363 g/mol. The van der Waals surface area contributed by atoms with E-state index in [1.54, 1.807) is 7.11 Å². The number of aromatic nitrogens is 1. The van der Waals surface area contributed by atoms with Gasteiger partial charge in [0.1, 0.15) is 11.4 Å². The molecule has 140 valence electrons. The second-order valence-corrected chi connectivity index (χ2v) is 7.04. The van der Waals surface area contributed by atoms with Gasteiger partial charge in [-0.15, -0.1) is 0 Å². The van der Waals surface area contributed by atoms with Crippen LogP contribution < -0.4 is 4.74 Å². The lowest BCUT2D eigenvalue weighted by Crippen LogP contribution is -2.35. The number of methoxy groups -OCH3 is 1. The van der Waals surface area contributed by atoms with Gasteiger partial charge in [0.25, 0.3) is 5.91 Å². The zero-order valence-electron chi connectivity index (χ0n) is 15.6. The summed E-state index contributed by atoms with van der Waals surface area (Å²) in [5, 5.41) is 0.998. The number of aromatic amines is 1. The number of H-pyrrole nitrogens is 1. The molecule has 4 rings (SSSR count). The highest BCUT2D eigenvalue weighted by Crippen LogP contribution is 2.22. The number of carbonyl (C=O) groups excluding carboxylic acids is 1. The van der Waals surface area contributed by atoms with Crippen LogP contribution in [0, 0.1) is 0 Å². The van der Waals surface area contributed by atoms with Crippen molar-refractivity contribution in [3.63, 3.8) is 0 Å². The summed E-state index contributed by atoms with van der Waals surface area (Å²) in [6, 6.07) is 18.2. The molecule has 5 nitrogen and oxygen atoms in total. The van der Waals surface area contributed by atoms with Gasteiger partial charge in [-0.2, -0.15) is 0 Å². The van der Waals surface area contributed by atoms with E-state index in [0.717, 1.165) is 55.8 Å². The molecule has 1 N–H and O–H groups in total. The fourth-order valence-electron chi connectivity index (χ4n) is 3.70. The first-order valence-corrected chi connectivity index (χ1v) is 9.45. The van der Waals surface area contributed by atoms with Crippen molar-refractivity contribution in [2.45, 2.75) is 13.0 Å². The molecular formula is C22H25N3O2. The summed E-state index contributed by atoms with van der Waals surface area (Å²) in [5.74, 6) is 0.874. The second-order valence-electron chi connectivity index (χ2n) is 7.04. The van der Waals surface area contributed by atoms with E-state index in [2.05, 4.69) is 34.1 Å². The van der Waals surface area contributed by atoms with Crippen LogP contribution in [-0.4, -0.2) is 54.0 Å². The Morgan fingerprint density at radius 1 is 1.04 bits per heavy atom. The first kappa shape index (κ1) is 17.6. The number of fused-ring (bicyclic) bond motifs is 1. The van der Waals surface area contributed by atoms with Crippen molar-refractivity contribution in [2.24, 2.45) is 0 Å². The first-order chi connectivity index (χ1) is 13.2. The average Bonchev–Trinajstić information content (AvgIpc) is 3.00. The zero-order valence-corrected chi connectivity index (χ0v) is 15.6. The Kier molecular flexibility index (Phi) is 5.12. The van der Waals surface area contributed by atoms with Crippen LogP contribution in [0.25, 0.3) is 10.9 Å². The van der Waals surface area contributed by atoms with Gasteiger partial charge in [0.2, 0.25) is 0 Å². The fourth-order valence-corrected chi connectivity index (χ4v) is 3.70. The normalized spacial score (nSPS) is 15.7. The Morgan fingerprint density at radius 2 is 1.89 bits per heavy atom. The monoisotopic (exact) mass is 363 g/mol. The molecule has 0 spiro atoms. The van der Waals surface area contributed by atoms with Gasteiger partial charge in [0.15, 0.2) is 0 Å². The first-order valence-electron chi connectivity index (χ1n) is 9.45. The Morgan fingerprint density at radius 3 is 2.70 bits per heavy atom. The Bertz CT molecular complexity index is 920. The molecule has 1 saturated heterocycles. The molecule has 0 saturated carbocycles. The van der Waals surface area contributed by atoms with Crippen molar-refractivity contribution in [1.29, 1.82) is 0 Å². The van der Waals surface area contributed by atoms with E-state index < -0.39 is 0 Å². The number of amides is 1. The summed E-state index contributed by atoms with van der Waals surface area (Å²) >= 11 is 0. The largest absolute Gasteiger partial charge is 0.497 e. The fraction of sp³-hybridized carbons (Fsp3) is 0.318. The molecule has 1 amide bonds. The minimum atomic E-state index is 0.0757. The van der Waals surface area contributed by atoms with Crippen molar-refractivity contribution in [1.82, 2.24) is 14.8 Å². The molecule has 1 aromatic heterocycles. The molecule has 3 aromatic rings. The van der Waals surface area contributed by atoms with E-state index >= 15 is 0 Å². The summed E-state index contributed by atoms with van der Waals surface area (Å²) in [6.45, 7) is 4.40. The highest BCUT2D eigenvalue weighted by Gasteiger charge is 2.21. The van der Waals surface area contributed by atoms with Crippen molar-refractivity contribution in [2.75, 3.05) is 33.3 Å². The highest BCUT2D eigenvalue weighted by atomic mass is 16.5. The smallest absolute Gasteiger partial charge is 0.270 e. The molecule has 0 atom stereocenters. The van der Waals surface area contributed by atoms with Gasteiger partial charge in [-0.25, -0.2) is 0 Å². The van der Waals surface area contributed by atoms with Gasteiger partial charge in [0, 0.05) is 43.6 Å². The molecule has 2 heterocycles. The topological polar surface area (TPSA) is 48.6 Å². The zero-order chi connectivity index (χ0) is 18.6. The number of nitrogens with zero attached hydrogens (tertiary/aromatic N) is 2. The molecule has 1 aliphatic heterocycles. The minimum absolute atomic E-state index is 0.0757. The van der Waals surface area contributed by atoms with Crippen molar-refractivity contribution < 1.29 is 9.53 Å². The Labute approximate surface area is 159 Å². The Balaban J connectivity index is 1.43. The van der Waals surface area contributed by atoms with Crippen LogP contribution in [0.15, 0.2) is 54.6 Å². The molecule has 1 aliphatic rings. The molecule has 5 heteroatoms. The van der Waals surface area contributed by atoms with E-state index in [1.165, 1.54) is 5.56 Å². The summed E-state index contributed by atoms with van der Waals surface area (Å²) < 4.78 is 5.27. The van der Waals surface area contributed by atoms with Gasteiger partial charge in [0.05, 0.1) is 7.11 Å². The molecule has 1 fully saturated rings. The van der Waals surface area contributed by atoms with Gasteiger partial charge in [-0.05, 0) is 36.2 Å². The van der Waals surface area contributed by atoms with E-state index in [4.69, 9.17) is 4.74 Å². The van der Waals surface area contributed by atoms with Crippen LogP contribution in [0.5, 0.6) is 5.75 Å². The van der Waals surface area contributed by atoms with Crippen LogP contribution in [0.1, 0.15) is 22.5 Å². The third kappa shape index (κ3) is 3.98. The maximum Gasteiger partial charge on any atom is 0.270 e. The molecule has 0 unspecified atom stereocenters. The highest BCUT2D eigenvalue weighted by molar-refractivity contribution is 5.98. The lowest BCUT2D eigenvalue weighted by Gasteiger charge is -2.21. The predicted octanol–water partition coefficient (Wildman–Crippen LogP) is 3.52. The van der Waals surface area contributed by atoms with E-state index in [0.29, 0.717) is 5.69 Å². The number of benzene rings is 2. The molecule has 0 bridgehead atoms. The van der Waals surface area contributed by atoms with Crippen molar-refractivity contribution >= 4 is 16.8 Å². The van der Waals surface area contributed by atoms with E-state index in [-0.39, 0.29) is 5.91 Å². The van der Waals surface area contributed by atoms with Gasteiger partial charge in [-0.1, -0.05) is 30.3 Å². The van der Waals surface area contributed by atoms with Gasteiger partial charge >= 0.3 is 0 Å². The van der Waals surface area contributed by atoms with Crippen molar-refractivity contribution in [3.05, 3.63) is 65.9 Å². The van der Waals surface area contributed by atoms with Crippen LogP contribution in [0.4, 0.5) is 0 Å². The quantitative estimate of drug-likeness (QED) is 0.771. The number of hydrogen-bond acceptors (Lipinski definition) is 3. The molecule has 27 heavy (non-hydrogen) atoms. The summed E-state index contributed by atoms with van der Waals surface area (Å²) in [7, 11) is 1.65. The van der Waals surface area contributed by atoms with Crippen LogP contribution >= 0.6 is 0 Å². The molecule has 2 aromatic carbocycles. The number of rotatable bonds is 4. The van der Waals surface area contributed by atoms with E-state index in [1.807, 2.05) is 35.2 Å². The summed E-state index contributed by atoms with van der Waals surface area (Å²) in [5.41, 5.74) is 2.93. The summed E-state index contributed by atoms with van der Waals surface area (Å²) in [4.78, 5) is 20.6. The summed E-state index contributed by atoms with van der Waals surface area (Å²) in [6.07, 6.45) is 0.993. The van der Waals surface area contributed by atoms with Gasteiger partial charge < -0.3 is 14.6 Å². The lowest BCUT2D eigenvalue weighted by atomic mass is 10.2. The van der Waals surface area contributed by atoms with Crippen LogP contribution in [-0.2, 0) is 6.54 Å². The van der Waals surface area contributed by atoms with Crippen LogP contribution in [0.2, 0.25) is 0 Å². The molecule has 0 aliphatic carbocycles. The second kappa shape index (κ2) is 7.84. The minimum Gasteiger partial charge on any atom is -0.497 e. The standard InChI is InChI=1S/C22H25N3O2/c1-27-19-8-9-20-18(14-19)15-21(23-20)22(26)25-11-5-10-24(12-13-25)16-17-6-3-2-4-7-17/h2-4,6-9,14-15,23H,5,10-13,16H2,1H3. The SMILES string of the molecule is COc1ccc2[nH]c(C(=O)N3CCCN(Cc4ccccc4)CC3)cc2c1. The molecular weight excluding hydrogens is 338 g/mol.